The van der Waals surface area contributed by atoms with Crippen molar-refractivity contribution in [3.05, 3.63) is 82.9 Å². The van der Waals surface area contributed by atoms with E-state index in [9.17, 15) is 0 Å². The molecule has 0 saturated heterocycles. The van der Waals surface area contributed by atoms with Gasteiger partial charge in [-0.15, -0.1) is 0 Å². The molecular formula is C21H16O. The van der Waals surface area contributed by atoms with E-state index in [-0.39, 0.29) is 6.10 Å². The molecule has 2 aliphatic rings. The zero-order chi connectivity index (χ0) is 14.7. The van der Waals surface area contributed by atoms with Crippen molar-refractivity contribution in [2.24, 2.45) is 0 Å². The molecule has 1 nitrogen and oxygen atoms in total. The van der Waals surface area contributed by atoms with E-state index in [1.165, 1.54) is 33.0 Å². The van der Waals surface area contributed by atoms with Crippen molar-refractivity contribution in [3.8, 4) is 5.75 Å². The quantitative estimate of drug-likeness (QED) is 0.560. The van der Waals surface area contributed by atoms with Gasteiger partial charge in [-0.1, -0.05) is 54.6 Å². The number of benzene rings is 3. The van der Waals surface area contributed by atoms with Crippen LogP contribution in [0.25, 0.3) is 16.8 Å². The second-order valence-electron chi connectivity index (χ2n) is 6.20. The minimum atomic E-state index is 0.120. The van der Waals surface area contributed by atoms with Gasteiger partial charge in [-0.2, -0.15) is 0 Å². The largest absolute Gasteiger partial charge is 0.485 e. The van der Waals surface area contributed by atoms with Crippen LogP contribution in [0.5, 0.6) is 5.75 Å². The molecule has 1 heteroatoms. The molecule has 1 aliphatic carbocycles. The van der Waals surface area contributed by atoms with Gasteiger partial charge in [-0.25, -0.2) is 0 Å². The zero-order valence-corrected chi connectivity index (χ0v) is 12.4. The van der Waals surface area contributed by atoms with E-state index in [1.54, 1.807) is 0 Å². The Morgan fingerprint density at radius 1 is 0.909 bits per heavy atom. The van der Waals surface area contributed by atoms with Crippen LogP contribution in [0.15, 0.2) is 60.7 Å². The third-order valence-electron chi connectivity index (χ3n) is 4.98. The molecule has 0 unspecified atom stereocenters. The molecule has 0 aromatic heterocycles. The van der Waals surface area contributed by atoms with Crippen LogP contribution in [-0.2, 0) is 0 Å². The Morgan fingerprint density at radius 3 is 2.77 bits per heavy atom. The van der Waals surface area contributed by atoms with Crippen molar-refractivity contribution in [3.63, 3.8) is 0 Å². The monoisotopic (exact) mass is 284 g/mol. The van der Waals surface area contributed by atoms with E-state index in [1.807, 2.05) is 0 Å². The first-order valence-corrected chi connectivity index (χ1v) is 7.79. The van der Waals surface area contributed by atoms with Crippen LogP contribution < -0.4 is 4.74 Å². The topological polar surface area (TPSA) is 9.23 Å². The number of hydrogen-bond acceptors (Lipinski definition) is 1. The minimum absolute atomic E-state index is 0.120. The van der Waals surface area contributed by atoms with Crippen LogP contribution >= 0.6 is 0 Å². The highest BCUT2D eigenvalue weighted by Gasteiger charge is 2.38. The van der Waals surface area contributed by atoms with E-state index in [4.69, 9.17) is 4.74 Å². The van der Waals surface area contributed by atoms with Crippen molar-refractivity contribution in [2.45, 2.75) is 18.9 Å². The third kappa shape index (κ3) is 1.48. The summed E-state index contributed by atoms with van der Waals surface area (Å²) in [5.74, 6) is 1.34. The van der Waals surface area contributed by atoms with Gasteiger partial charge in [0.2, 0.25) is 0 Å². The highest BCUT2D eigenvalue weighted by molar-refractivity contribution is 5.90. The maximum Gasteiger partial charge on any atom is 0.128 e. The van der Waals surface area contributed by atoms with Gasteiger partial charge < -0.3 is 4.74 Å². The van der Waals surface area contributed by atoms with E-state index >= 15 is 0 Å². The Balaban J connectivity index is 1.84. The summed E-state index contributed by atoms with van der Waals surface area (Å²) in [6.45, 7) is 2.18. The Morgan fingerprint density at radius 2 is 1.82 bits per heavy atom. The molecule has 1 aliphatic heterocycles. The molecule has 0 radical (unpaired) electrons. The number of hydrogen-bond donors (Lipinski definition) is 0. The first-order chi connectivity index (χ1) is 10.8. The van der Waals surface area contributed by atoms with E-state index in [0.29, 0.717) is 5.92 Å². The summed E-state index contributed by atoms with van der Waals surface area (Å²) in [5, 5.41) is 2.60. The average Bonchev–Trinajstić information content (AvgIpc) is 2.94. The van der Waals surface area contributed by atoms with E-state index in [0.717, 1.165) is 5.75 Å². The molecule has 0 spiro atoms. The Bertz CT molecular complexity index is 936. The summed E-state index contributed by atoms with van der Waals surface area (Å²) in [4.78, 5) is 0. The molecule has 22 heavy (non-hydrogen) atoms. The molecule has 0 N–H and O–H groups in total. The lowest BCUT2D eigenvalue weighted by Gasteiger charge is -2.24. The smallest absolute Gasteiger partial charge is 0.128 e. The molecule has 0 saturated carbocycles. The molecule has 3 aromatic rings. The molecular weight excluding hydrogens is 268 g/mol. The van der Waals surface area contributed by atoms with Gasteiger partial charge in [0.15, 0.2) is 0 Å². The number of rotatable bonds is 0. The highest BCUT2D eigenvalue weighted by atomic mass is 16.5. The van der Waals surface area contributed by atoms with Crippen LogP contribution in [0.4, 0.5) is 0 Å². The number of fused-ring (bicyclic) bond motifs is 7. The van der Waals surface area contributed by atoms with Gasteiger partial charge in [-0.05, 0) is 46.5 Å². The maximum atomic E-state index is 6.23. The molecule has 0 amide bonds. The maximum absolute atomic E-state index is 6.23. The van der Waals surface area contributed by atoms with Crippen molar-refractivity contribution in [2.75, 3.05) is 0 Å². The van der Waals surface area contributed by atoms with Crippen LogP contribution in [0, 0.1) is 6.92 Å². The van der Waals surface area contributed by atoms with Crippen LogP contribution in [-0.4, -0.2) is 6.10 Å². The lowest BCUT2D eigenvalue weighted by atomic mass is 9.79. The first-order valence-electron chi connectivity index (χ1n) is 7.79. The second kappa shape index (κ2) is 4.23. The van der Waals surface area contributed by atoms with Gasteiger partial charge in [0.05, 0.1) is 5.92 Å². The van der Waals surface area contributed by atoms with E-state index < -0.39 is 0 Å². The summed E-state index contributed by atoms with van der Waals surface area (Å²) in [6.07, 6.45) is 4.56. The van der Waals surface area contributed by atoms with Gasteiger partial charge in [0.1, 0.15) is 11.9 Å². The molecule has 3 aromatic carbocycles. The fourth-order valence-electron chi connectivity index (χ4n) is 3.95. The fraction of sp³-hybridized carbons (Fsp3) is 0.143. The summed E-state index contributed by atoms with van der Waals surface area (Å²) in [6, 6.07) is 19.5. The van der Waals surface area contributed by atoms with Crippen LogP contribution in [0.2, 0.25) is 0 Å². The van der Waals surface area contributed by atoms with Gasteiger partial charge in [0, 0.05) is 5.56 Å². The second-order valence-corrected chi connectivity index (χ2v) is 6.20. The average molecular weight is 284 g/mol. The van der Waals surface area contributed by atoms with Crippen molar-refractivity contribution in [1.29, 1.82) is 0 Å². The van der Waals surface area contributed by atoms with Crippen molar-refractivity contribution in [1.82, 2.24) is 0 Å². The van der Waals surface area contributed by atoms with Gasteiger partial charge in [-0.3, -0.25) is 0 Å². The van der Waals surface area contributed by atoms with E-state index in [2.05, 4.69) is 73.7 Å². The summed E-state index contributed by atoms with van der Waals surface area (Å²) < 4.78 is 6.23. The molecule has 0 bridgehead atoms. The van der Waals surface area contributed by atoms with Gasteiger partial charge in [0.25, 0.3) is 0 Å². The number of ether oxygens (including phenoxy) is 1. The lowest BCUT2D eigenvalue weighted by Crippen LogP contribution is -2.21. The molecule has 0 fully saturated rings. The highest BCUT2D eigenvalue weighted by Crippen LogP contribution is 2.49. The zero-order valence-electron chi connectivity index (χ0n) is 12.4. The molecule has 1 heterocycles. The van der Waals surface area contributed by atoms with Crippen LogP contribution in [0.1, 0.15) is 28.2 Å². The Kier molecular flexibility index (Phi) is 2.32. The Labute approximate surface area is 129 Å². The molecule has 106 valence electrons. The normalized spacial score (nSPS) is 21.1. The van der Waals surface area contributed by atoms with Crippen LogP contribution in [0.3, 0.4) is 0 Å². The SMILES string of the molecule is Cc1cccc2c1C=C[C@@H]1Oc3ccc4ccccc4c3[C@H]21. The lowest BCUT2D eigenvalue weighted by molar-refractivity contribution is 0.267. The predicted octanol–water partition coefficient (Wildman–Crippen LogP) is 5.07. The number of aryl methyl sites for hydroxylation is 1. The molecule has 2 atom stereocenters. The minimum Gasteiger partial charge on any atom is -0.485 e. The standard InChI is InChI=1S/C21H16O/c1-13-5-4-8-17-15(13)10-12-19-21(17)20-16-7-3-2-6-14(16)9-11-18(20)22-19/h2-12,19,21H,1H3/t19-,21+/m0/s1. The Hall–Kier alpha value is -2.54. The van der Waals surface area contributed by atoms with Crippen molar-refractivity contribution >= 4 is 16.8 Å². The predicted molar refractivity (Wildman–Crippen MR) is 90.4 cm³/mol. The molecule has 5 rings (SSSR count). The summed E-state index contributed by atoms with van der Waals surface area (Å²) >= 11 is 0. The van der Waals surface area contributed by atoms with Crippen molar-refractivity contribution < 1.29 is 4.74 Å². The van der Waals surface area contributed by atoms with Gasteiger partial charge >= 0.3 is 0 Å². The summed E-state index contributed by atoms with van der Waals surface area (Å²) in [5.41, 5.74) is 5.43. The summed E-state index contributed by atoms with van der Waals surface area (Å²) in [7, 11) is 0. The fourth-order valence-corrected chi connectivity index (χ4v) is 3.95. The third-order valence-corrected chi connectivity index (χ3v) is 4.98. The first kappa shape index (κ1) is 12.0.